The van der Waals surface area contributed by atoms with Crippen molar-refractivity contribution in [2.24, 2.45) is 5.73 Å². The van der Waals surface area contributed by atoms with Gasteiger partial charge >= 0.3 is 0 Å². The summed E-state index contributed by atoms with van der Waals surface area (Å²) in [4.78, 5) is 0. The van der Waals surface area contributed by atoms with E-state index < -0.39 is 15.3 Å². The van der Waals surface area contributed by atoms with Crippen LogP contribution in [0.4, 0.5) is 0 Å². The van der Waals surface area contributed by atoms with Gasteiger partial charge in [0, 0.05) is 19.1 Å². The number of rotatable bonds is 4. The maximum atomic E-state index is 12.2. The van der Waals surface area contributed by atoms with Crippen LogP contribution in [-0.4, -0.2) is 48.8 Å². The summed E-state index contributed by atoms with van der Waals surface area (Å²) < 4.78 is 25.8. The molecule has 1 fully saturated rings. The highest BCUT2D eigenvalue weighted by atomic mass is 32.2. The van der Waals surface area contributed by atoms with Crippen molar-refractivity contribution in [1.82, 2.24) is 4.31 Å². The Bertz CT molecular complexity index is 305. The van der Waals surface area contributed by atoms with Crippen LogP contribution < -0.4 is 5.73 Å². The van der Waals surface area contributed by atoms with Gasteiger partial charge in [-0.15, -0.1) is 0 Å². The Kier molecular flexibility index (Phi) is 5.17. The molecule has 3 N–H and O–H groups in total. The summed E-state index contributed by atoms with van der Waals surface area (Å²) >= 11 is 0. The van der Waals surface area contributed by atoms with Gasteiger partial charge in [-0.05, 0) is 19.8 Å². The largest absolute Gasteiger partial charge is 0.395 e. The Hall–Kier alpha value is -0.170. The van der Waals surface area contributed by atoms with Crippen molar-refractivity contribution in [1.29, 1.82) is 0 Å². The lowest BCUT2D eigenvalue weighted by atomic mass is 10.1. The van der Waals surface area contributed by atoms with Gasteiger partial charge in [0.1, 0.15) is 0 Å². The summed E-state index contributed by atoms with van der Waals surface area (Å²) in [7, 11) is -3.35. The number of nitrogens with zero attached hydrogens (tertiary/aromatic N) is 1. The molecule has 1 saturated heterocycles. The van der Waals surface area contributed by atoms with Crippen LogP contribution in [-0.2, 0) is 10.0 Å². The molecule has 96 valence electrons. The maximum Gasteiger partial charge on any atom is 0.218 e. The molecule has 0 saturated carbocycles. The zero-order chi connectivity index (χ0) is 12.2. The molecule has 0 amide bonds. The van der Waals surface area contributed by atoms with Crippen LogP contribution in [0.15, 0.2) is 0 Å². The molecule has 0 spiro atoms. The molecule has 5 nitrogen and oxygen atoms in total. The van der Waals surface area contributed by atoms with E-state index >= 15 is 0 Å². The van der Waals surface area contributed by atoms with Gasteiger partial charge in [0.2, 0.25) is 10.0 Å². The second-order valence-electron chi connectivity index (χ2n) is 4.39. The molecular weight excluding hydrogens is 228 g/mol. The Labute approximate surface area is 97.7 Å². The first-order valence-electron chi connectivity index (χ1n) is 5.85. The fraction of sp³-hybridized carbons (Fsp3) is 1.00. The summed E-state index contributed by atoms with van der Waals surface area (Å²) in [6, 6.07) is -0.263. The fourth-order valence-electron chi connectivity index (χ4n) is 2.02. The minimum atomic E-state index is -3.35. The van der Waals surface area contributed by atoms with Gasteiger partial charge in [0.15, 0.2) is 0 Å². The first-order chi connectivity index (χ1) is 7.54. The summed E-state index contributed by atoms with van der Waals surface area (Å²) in [6.45, 7) is 2.15. The van der Waals surface area contributed by atoms with Gasteiger partial charge < -0.3 is 10.8 Å². The zero-order valence-electron chi connectivity index (χ0n) is 9.80. The number of sulfonamides is 1. The number of aliphatic hydroxyl groups is 1. The average molecular weight is 250 g/mol. The highest BCUT2D eigenvalue weighted by Crippen LogP contribution is 2.21. The highest BCUT2D eigenvalue weighted by Gasteiger charge is 2.33. The Balaban J connectivity index is 2.89. The molecule has 0 bridgehead atoms. The molecule has 0 radical (unpaired) electrons. The van der Waals surface area contributed by atoms with Crippen molar-refractivity contribution in [3.8, 4) is 0 Å². The van der Waals surface area contributed by atoms with Crippen molar-refractivity contribution >= 4 is 10.0 Å². The number of hydrogen-bond acceptors (Lipinski definition) is 4. The van der Waals surface area contributed by atoms with Gasteiger partial charge in [-0.2, -0.15) is 4.31 Å². The zero-order valence-corrected chi connectivity index (χ0v) is 10.6. The fourth-order valence-corrected chi connectivity index (χ4v) is 3.70. The molecule has 0 aliphatic carbocycles. The van der Waals surface area contributed by atoms with Gasteiger partial charge in [-0.3, -0.25) is 0 Å². The van der Waals surface area contributed by atoms with E-state index in [1.165, 1.54) is 4.31 Å². The van der Waals surface area contributed by atoms with Crippen LogP contribution in [0.1, 0.15) is 32.6 Å². The predicted octanol–water partition coefficient (Wildman–Crippen LogP) is -0.0997. The quantitative estimate of drug-likeness (QED) is 0.730. The second-order valence-corrected chi connectivity index (χ2v) is 6.69. The van der Waals surface area contributed by atoms with E-state index in [0.717, 1.165) is 25.7 Å². The standard InChI is InChI=1S/C10H22N2O3S/c1-9(7-11)16(14,15)12-6-4-2-3-5-10(12)8-13/h9-10,13H,2-8,11H2,1H3. The van der Waals surface area contributed by atoms with Crippen LogP contribution in [0, 0.1) is 0 Å². The maximum absolute atomic E-state index is 12.2. The predicted molar refractivity (Wildman–Crippen MR) is 63.5 cm³/mol. The Morgan fingerprint density at radius 2 is 2.12 bits per heavy atom. The van der Waals surface area contributed by atoms with E-state index in [1.807, 2.05) is 0 Å². The van der Waals surface area contributed by atoms with Crippen LogP contribution >= 0.6 is 0 Å². The SMILES string of the molecule is CC(CN)S(=O)(=O)N1CCCCCC1CO. The van der Waals surface area contributed by atoms with Crippen molar-refractivity contribution < 1.29 is 13.5 Å². The molecule has 2 atom stereocenters. The molecular formula is C10H22N2O3S. The van der Waals surface area contributed by atoms with E-state index in [2.05, 4.69) is 0 Å². The lowest BCUT2D eigenvalue weighted by Crippen LogP contribution is -2.47. The third-order valence-corrected chi connectivity index (χ3v) is 5.55. The monoisotopic (exact) mass is 250 g/mol. The third kappa shape index (κ3) is 2.94. The molecule has 0 aromatic carbocycles. The minimum absolute atomic E-state index is 0.101. The lowest BCUT2D eigenvalue weighted by molar-refractivity contribution is 0.185. The molecule has 0 aromatic heterocycles. The molecule has 1 aliphatic heterocycles. The molecule has 1 rings (SSSR count). The Morgan fingerprint density at radius 3 is 2.69 bits per heavy atom. The molecule has 0 aromatic rings. The summed E-state index contributed by atoms with van der Waals surface area (Å²) in [5.74, 6) is 0. The number of hydrogen-bond donors (Lipinski definition) is 2. The summed E-state index contributed by atoms with van der Waals surface area (Å²) in [5, 5.41) is 8.70. The lowest BCUT2D eigenvalue weighted by Gasteiger charge is -2.30. The first kappa shape index (κ1) is 13.9. The smallest absolute Gasteiger partial charge is 0.218 e. The summed E-state index contributed by atoms with van der Waals surface area (Å²) in [5.41, 5.74) is 5.42. The molecule has 1 aliphatic rings. The van der Waals surface area contributed by atoms with Gasteiger partial charge in [0.25, 0.3) is 0 Å². The van der Waals surface area contributed by atoms with Gasteiger partial charge in [-0.1, -0.05) is 12.8 Å². The van der Waals surface area contributed by atoms with Crippen molar-refractivity contribution in [2.45, 2.75) is 43.9 Å². The van der Waals surface area contributed by atoms with Gasteiger partial charge in [-0.25, -0.2) is 8.42 Å². The van der Waals surface area contributed by atoms with Crippen LogP contribution in [0.5, 0.6) is 0 Å². The van der Waals surface area contributed by atoms with E-state index in [0.29, 0.717) is 6.54 Å². The average Bonchev–Trinajstić information content (AvgIpc) is 2.52. The molecule has 2 unspecified atom stereocenters. The third-order valence-electron chi connectivity index (χ3n) is 3.20. The topological polar surface area (TPSA) is 83.6 Å². The normalized spacial score (nSPS) is 26.3. The van der Waals surface area contributed by atoms with Crippen LogP contribution in [0.3, 0.4) is 0 Å². The van der Waals surface area contributed by atoms with Crippen LogP contribution in [0.2, 0.25) is 0 Å². The number of nitrogens with two attached hydrogens (primary N) is 1. The highest BCUT2D eigenvalue weighted by molar-refractivity contribution is 7.89. The van der Waals surface area contributed by atoms with E-state index in [4.69, 9.17) is 5.73 Å². The van der Waals surface area contributed by atoms with Crippen molar-refractivity contribution in [3.05, 3.63) is 0 Å². The first-order valence-corrected chi connectivity index (χ1v) is 7.36. The van der Waals surface area contributed by atoms with Crippen molar-refractivity contribution in [3.63, 3.8) is 0 Å². The minimum Gasteiger partial charge on any atom is -0.395 e. The van der Waals surface area contributed by atoms with E-state index in [1.54, 1.807) is 6.92 Å². The Morgan fingerprint density at radius 1 is 1.44 bits per heavy atom. The second kappa shape index (κ2) is 5.95. The molecule has 6 heteroatoms. The van der Waals surface area contributed by atoms with E-state index in [9.17, 15) is 13.5 Å². The summed E-state index contributed by atoms with van der Waals surface area (Å²) in [6.07, 6.45) is 3.62. The van der Waals surface area contributed by atoms with Crippen LogP contribution in [0.25, 0.3) is 0 Å². The molecule has 1 heterocycles. The van der Waals surface area contributed by atoms with E-state index in [-0.39, 0.29) is 19.2 Å². The molecule has 16 heavy (non-hydrogen) atoms. The van der Waals surface area contributed by atoms with Gasteiger partial charge in [0.05, 0.1) is 11.9 Å². The number of aliphatic hydroxyl groups excluding tert-OH is 1. The van der Waals surface area contributed by atoms with Crippen molar-refractivity contribution in [2.75, 3.05) is 19.7 Å².